The summed E-state index contributed by atoms with van der Waals surface area (Å²) in [7, 11) is 3.04. The Balaban J connectivity index is 1.85. The second-order valence-corrected chi connectivity index (χ2v) is 9.83. The van der Waals surface area contributed by atoms with Crippen molar-refractivity contribution in [3.05, 3.63) is 87.6 Å². The molecule has 0 aromatic heterocycles. The van der Waals surface area contributed by atoms with Gasteiger partial charge in [0, 0.05) is 29.4 Å². The highest BCUT2D eigenvalue weighted by atomic mass is 79.9. The number of carbonyl (C=O) groups excluding carboxylic acids is 1. The van der Waals surface area contributed by atoms with Gasteiger partial charge in [-0.05, 0) is 41.8 Å². The molecular formula is C27H25BrFNO5. The van der Waals surface area contributed by atoms with Crippen LogP contribution in [0.5, 0.6) is 17.2 Å². The van der Waals surface area contributed by atoms with Crippen LogP contribution in [0.4, 0.5) is 4.39 Å². The molecule has 0 unspecified atom stereocenters. The zero-order chi connectivity index (χ0) is 25.0. The molecule has 6 nitrogen and oxygen atoms in total. The van der Waals surface area contributed by atoms with Gasteiger partial charge in [0.2, 0.25) is 5.91 Å². The number of carbonyl (C=O) groups is 1. The van der Waals surface area contributed by atoms with E-state index in [-0.39, 0.29) is 5.91 Å². The third kappa shape index (κ3) is 3.42. The highest BCUT2D eigenvalue weighted by Gasteiger charge is 2.73. The summed E-state index contributed by atoms with van der Waals surface area (Å²) in [4.78, 5) is 12.3. The molecule has 3 aromatic rings. The molecule has 1 saturated carbocycles. The van der Waals surface area contributed by atoms with Gasteiger partial charge in [0.05, 0.1) is 25.8 Å². The smallest absolute Gasteiger partial charge is 0.217 e. The summed E-state index contributed by atoms with van der Waals surface area (Å²) in [6.45, 7) is 1.40. The number of rotatable bonds is 5. The van der Waals surface area contributed by atoms with Crippen molar-refractivity contribution in [1.82, 2.24) is 5.32 Å². The van der Waals surface area contributed by atoms with Crippen LogP contribution in [0.15, 0.2) is 65.1 Å². The summed E-state index contributed by atoms with van der Waals surface area (Å²) in [5.41, 5.74) is -1.38. The zero-order valence-corrected chi connectivity index (χ0v) is 21.1. The predicted molar refractivity (Wildman–Crippen MR) is 131 cm³/mol. The van der Waals surface area contributed by atoms with Crippen LogP contribution in [0.25, 0.3) is 0 Å². The lowest BCUT2D eigenvalue weighted by Gasteiger charge is -2.41. The maximum absolute atomic E-state index is 14.4. The van der Waals surface area contributed by atoms with E-state index >= 15 is 0 Å². The second kappa shape index (κ2) is 8.53. The Morgan fingerprint density at radius 3 is 2.51 bits per heavy atom. The van der Waals surface area contributed by atoms with Crippen LogP contribution in [0, 0.1) is 5.82 Å². The van der Waals surface area contributed by atoms with E-state index in [4.69, 9.17) is 14.2 Å². The van der Waals surface area contributed by atoms with E-state index in [0.717, 1.165) is 4.47 Å². The van der Waals surface area contributed by atoms with Crippen LogP contribution in [-0.2, 0) is 16.0 Å². The van der Waals surface area contributed by atoms with Gasteiger partial charge in [-0.1, -0.05) is 40.2 Å². The lowest BCUT2D eigenvalue weighted by Crippen LogP contribution is -2.56. The van der Waals surface area contributed by atoms with E-state index in [1.54, 1.807) is 18.2 Å². The highest BCUT2D eigenvalue weighted by Crippen LogP contribution is 2.68. The molecule has 2 N–H and O–H groups in total. The average Bonchev–Trinajstić information content (AvgIpc) is 3.24. The van der Waals surface area contributed by atoms with E-state index in [0.29, 0.717) is 40.4 Å². The fourth-order valence-electron chi connectivity index (χ4n) is 5.76. The molecule has 4 atom stereocenters. The van der Waals surface area contributed by atoms with E-state index in [9.17, 15) is 14.3 Å². The summed E-state index contributed by atoms with van der Waals surface area (Å²) in [6, 6.07) is 16.4. The minimum absolute atomic E-state index is 0.297. The summed E-state index contributed by atoms with van der Waals surface area (Å²) >= 11 is 3.48. The first-order valence-electron chi connectivity index (χ1n) is 11.2. The highest BCUT2D eigenvalue weighted by molar-refractivity contribution is 9.10. The fraction of sp³-hybridized carbons (Fsp3) is 0.296. The number of benzene rings is 3. The van der Waals surface area contributed by atoms with E-state index in [1.807, 2.05) is 30.3 Å². The van der Waals surface area contributed by atoms with Crippen LogP contribution in [0.2, 0.25) is 0 Å². The van der Waals surface area contributed by atoms with Crippen LogP contribution in [0.3, 0.4) is 0 Å². The first-order valence-corrected chi connectivity index (χ1v) is 12.0. The number of hydrogen-bond acceptors (Lipinski definition) is 5. The predicted octanol–water partition coefficient (Wildman–Crippen LogP) is 4.77. The molecule has 8 heteroatoms. The molecule has 0 radical (unpaired) electrons. The summed E-state index contributed by atoms with van der Waals surface area (Å²) < 4.78 is 33.1. The molecule has 35 heavy (non-hydrogen) atoms. The molecule has 1 amide bonds. The van der Waals surface area contributed by atoms with Crippen molar-refractivity contribution in [1.29, 1.82) is 0 Å². The molecule has 1 fully saturated rings. The molecule has 1 aliphatic heterocycles. The van der Waals surface area contributed by atoms with Gasteiger partial charge >= 0.3 is 0 Å². The quantitative estimate of drug-likeness (QED) is 0.486. The minimum atomic E-state index is -1.74. The van der Waals surface area contributed by atoms with Crippen molar-refractivity contribution < 1.29 is 28.5 Å². The zero-order valence-electron chi connectivity index (χ0n) is 19.5. The third-order valence-corrected chi connectivity index (χ3v) is 7.61. The van der Waals surface area contributed by atoms with E-state index < -0.39 is 29.0 Å². The number of methoxy groups -OCH3 is 2. The number of halogens is 2. The molecule has 3 aromatic carbocycles. The normalized spacial score (nSPS) is 26.5. The van der Waals surface area contributed by atoms with Gasteiger partial charge in [-0.2, -0.15) is 0 Å². The SMILES string of the molecule is COc1cc(OC)c2c(c1)O[C@@]1(c3ccc(Br)cc3)[C@H](c3cccc(F)c3)C[C@H](NC(C)=O)[C@@]21O. The Morgan fingerprint density at radius 1 is 1.14 bits per heavy atom. The topological polar surface area (TPSA) is 77.0 Å². The number of nitrogens with one attached hydrogen (secondary N) is 1. The number of fused-ring (bicyclic) bond motifs is 3. The summed E-state index contributed by atoms with van der Waals surface area (Å²) in [5, 5.41) is 15.7. The first-order chi connectivity index (χ1) is 16.7. The van der Waals surface area contributed by atoms with Crippen LogP contribution < -0.4 is 19.5 Å². The maximum Gasteiger partial charge on any atom is 0.217 e. The molecule has 1 heterocycles. The van der Waals surface area contributed by atoms with Crippen LogP contribution in [-0.4, -0.2) is 31.3 Å². The van der Waals surface area contributed by atoms with E-state index in [1.165, 1.54) is 33.3 Å². The Hall–Kier alpha value is -3.10. The van der Waals surface area contributed by atoms with E-state index in [2.05, 4.69) is 21.2 Å². The van der Waals surface area contributed by atoms with Crippen LogP contribution in [0.1, 0.15) is 36.0 Å². The standard InChI is InChI=1S/C27H25BrFNO5/c1-15(31)30-24-14-21(16-5-4-6-19(29)11-16)27(17-7-9-18(28)10-8-17)26(24,32)25-22(34-3)12-20(33-2)13-23(25)35-27/h4-13,21,24,32H,14H2,1-3H3,(H,30,31)/t21-,24-,26+,27-/m0/s1. The largest absolute Gasteiger partial charge is 0.496 e. The maximum atomic E-state index is 14.4. The molecule has 182 valence electrons. The lowest BCUT2D eigenvalue weighted by molar-refractivity contribution is -0.131. The van der Waals surface area contributed by atoms with Crippen molar-refractivity contribution in [3.8, 4) is 17.2 Å². The minimum Gasteiger partial charge on any atom is -0.496 e. The molecular weight excluding hydrogens is 517 g/mol. The van der Waals surface area contributed by atoms with Gasteiger partial charge in [-0.25, -0.2) is 4.39 Å². The van der Waals surface area contributed by atoms with Gasteiger partial charge < -0.3 is 24.6 Å². The Bertz CT molecular complexity index is 1300. The van der Waals surface area contributed by atoms with Crippen molar-refractivity contribution >= 4 is 21.8 Å². The Labute approximate surface area is 211 Å². The van der Waals surface area contributed by atoms with Gasteiger partial charge in [-0.3, -0.25) is 4.79 Å². The molecule has 0 saturated heterocycles. The Morgan fingerprint density at radius 2 is 1.89 bits per heavy atom. The third-order valence-electron chi connectivity index (χ3n) is 7.08. The fourth-order valence-corrected chi connectivity index (χ4v) is 6.02. The van der Waals surface area contributed by atoms with Crippen molar-refractivity contribution in [2.75, 3.05) is 14.2 Å². The molecule has 5 rings (SSSR count). The molecule has 1 aliphatic carbocycles. The number of aliphatic hydroxyl groups is 1. The van der Waals surface area contributed by atoms with Gasteiger partial charge in [0.15, 0.2) is 11.2 Å². The second-order valence-electron chi connectivity index (χ2n) is 8.91. The van der Waals surface area contributed by atoms with Gasteiger partial charge in [0.25, 0.3) is 0 Å². The van der Waals surface area contributed by atoms with Gasteiger partial charge in [0.1, 0.15) is 23.1 Å². The molecule has 0 bridgehead atoms. The number of ether oxygens (including phenoxy) is 3. The number of hydrogen-bond donors (Lipinski definition) is 2. The van der Waals surface area contributed by atoms with Crippen LogP contribution >= 0.6 is 15.9 Å². The summed E-state index contributed by atoms with van der Waals surface area (Å²) in [5.74, 6) is 0.0423. The first kappa shape index (κ1) is 23.6. The van der Waals surface area contributed by atoms with Crippen molar-refractivity contribution in [2.45, 2.75) is 36.5 Å². The molecule has 0 spiro atoms. The summed E-state index contributed by atoms with van der Waals surface area (Å²) in [6.07, 6.45) is 0.310. The Kier molecular flexibility index (Phi) is 5.76. The molecule has 2 aliphatic rings. The van der Waals surface area contributed by atoms with Crippen molar-refractivity contribution in [3.63, 3.8) is 0 Å². The lowest BCUT2D eigenvalue weighted by atomic mass is 9.71. The number of amides is 1. The van der Waals surface area contributed by atoms with Crippen molar-refractivity contribution in [2.24, 2.45) is 0 Å². The monoisotopic (exact) mass is 541 g/mol. The van der Waals surface area contributed by atoms with Gasteiger partial charge in [-0.15, -0.1) is 0 Å². The average molecular weight is 542 g/mol.